The Balaban J connectivity index is 1.43. The lowest BCUT2D eigenvalue weighted by Gasteiger charge is -2.31. The van der Waals surface area contributed by atoms with Crippen molar-refractivity contribution in [1.82, 2.24) is 19.5 Å². The second kappa shape index (κ2) is 8.21. The average molecular weight is 439 g/mol. The van der Waals surface area contributed by atoms with Crippen molar-refractivity contribution >= 4 is 22.8 Å². The Morgan fingerprint density at radius 3 is 2.88 bits per heavy atom. The van der Waals surface area contributed by atoms with E-state index in [2.05, 4.69) is 21.0 Å². The third-order valence-corrected chi connectivity index (χ3v) is 6.26. The first-order valence-electron chi connectivity index (χ1n) is 10.6. The number of carbonyl (C=O) groups is 1. The number of imidazole rings is 1. The highest BCUT2D eigenvalue weighted by molar-refractivity contribution is 5.82. The van der Waals surface area contributed by atoms with E-state index >= 15 is 0 Å². The number of aromatic nitrogens is 4. The van der Waals surface area contributed by atoms with Crippen LogP contribution in [-0.2, 0) is 20.7 Å². The Labute approximate surface area is 184 Å². The Kier molecular flexibility index (Phi) is 5.38. The molecule has 10 nitrogen and oxygen atoms in total. The van der Waals surface area contributed by atoms with Crippen LogP contribution in [0.15, 0.2) is 36.9 Å². The third kappa shape index (κ3) is 3.45. The Morgan fingerprint density at radius 1 is 1.25 bits per heavy atom. The van der Waals surface area contributed by atoms with E-state index < -0.39 is 30.6 Å². The quantitative estimate of drug-likeness (QED) is 0.531. The minimum absolute atomic E-state index is 0.194. The summed E-state index contributed by atoms with van der Waals surface area (Å²) in [5.74, 6) is -0.0914. The van der Waals surface area contributed by atoms with Crippen LogP contribution in [0.4, 0.5) is 5.82 Å². The Bertz CT molecular complexity index is 1150. The molecule has 1 aromatic carbocycles. The zero-order valence-corrected chi connectivity index (χ0v) is 17.5. The maximum atomic E-state index is 12.6. The highest BCUT2D eigenvalue weighted by Crippen LogP contribution is 2.38. The van der Waals surface area contributed by atoms with Crippen LogP contribution in [0.3, 0.4) is 0 Å². The van der Waals surface area contributed by atoms with Crippen LogP contribution in [0.25, 0.3) is 11.2 Å². The molecule has 32 heavy (non-hydrogen) atoms. The number of hydrogen-bond acceptors (Lipinski definition) is 9. The summed E-state index contributed by atoms with van der Waals surface area (Å²) in [7, 11) is 0. The van der Waals surface area contributed by atoms with Crippen molar-refractivity contribution in [2.75, 3.05) is 5.73 Å². The summed E-state index contributed by atoms with van der Waals surface area (Å²) in [6.07, 6.45) is -0.710. The van der Waals surface area contributed by atoms with Crippen molar-refractivity contribution in [2.24, 2.45) is 0 Å². The highest BCUT2D eigenvalue weighted by atomic mass is 16.6. The molecule has 1 fully saturated rings. The van der Waals surface area contributed by atoms with Gasteiger partial charge in [-0.3, -0.25) is 9.36 Å². The number of ketones is 1. The van der Waals surface area contributed by atoms with Crippen LogP contribution in [-0.4, -0.2) is 59.9 Å². The summed E-state index contributed by atoms with van der Waals surface area (Å²) in [5.41, 5.74) is 8.80. The van der Waals surface area contributed by atoms with Gasteiger partial charge in [-0.2, -0.15) is 0 Å². The van der Waals surface area contributed by atoms with E-state index in [0.29, 0.717) is 11.2 Å². The molecule has 0 bridgehead atoms. The number of anilines is 1. The van der Waals surface area contributed by atoms with Gasteiger partial charge in [-0.05, 0) is 37.3 Å². The predicted molar refractivity (Wildman–Crippen MR) is 113 cm³/mol. The van der Waals surface area contributed by atoms with Gasteiger partial charge in [-0.1, -0.05) is 24.3 Å². The monoisotopic (exact) mass is 439 g/mol. The number of nitrogens with two attached hydrogens (primary N) is 1. The number of ether oxygens (including phenoxy) is 2. The van der Waals surface area contributed by atoms with Crippen LogP contribution in [0.5, 0.6) is 0 Å². The number of fused-ring (bicyclic) bond motifs is 2. The van der Waals surface area contributed by atoms with E-state index in [0.717, 1.165) is 24.8 Å². The lowest BCUT2D eigenvalue weighted by molar-refractivity contribution is -0.157. The predicted octanol–water partition coefficient (Wildman–Crippen LogP) is 1.08. The minimum atomic E-state index is -1.34. The first-order valence-corrected chi connectivity index (χ1v) is 10.6. The lowest BCUT2D eigenvalue weighted by Crippen LogP contribution is -2.44. The Hall–Kier alpha value is -2.92. The number of carbonyl (C=O) groups excluding carboxylic acids is 1. The number of benzene rings is 1. The van der Waals surface area contributed by atoms with Gasteiger partial charge < -0.3 is 25.4 Å². The molecular weight excluding hydrogens is 414 g/mol. The van der Waals surface area contributed by atoms with Crippen molar-refractivity contribution in [2.45, 2.75) is 62.9 Å². The summed E-state index contributed by atoms with van der Waals surface area (Å²) in [6, 6.07) is 8.00. The molecule has 1 aliphatic heterocycles. The smallest absolute Gasteiger partial charge is 0.167 e. The van der Waals surface area contributed by atoms with Gasteiger partial charge in [0, 0.05) is 0 Å². The van der Waals surface area contributed by atoms with Gasteiger partial charge in [0.25, 0.3) is 0 Å². The summed E-state index contributed by atoms with van der Waals surface area (Å²) in [4.78, 5) is 24.8. The average Bonchev–Trinajstić information content (AvgIpc) is 3.34. The molecule has 0 amide bonds. The van der Waals surface area contributed by atoms with Crippen LogP contribution in [0.2, 0.25) is 0 Å². The van der Waals surface area contributed by atoms with Crippen molar-refractivity contribution in [3.8, 4) is 0 Å². The topological polar surface area (TPSA) is 146 Å². The van der Waals surface area contributed by atoms with E-state index in [1.165, 1.54) is 29.7 Å². The molecule has 2 aliphatic rings. The SMILES string of the molecule is CC(=O)C(OC1CCCc2ccccc21)[C@H]1O[C@@H](n2cnc3c(N)ncnc32)[C@H](O)[C@@H]1O. The molecule has 6 atom stereocenters. The number of rotatable bonds is 5. The number of aliphatic hydroxyl groups excluding tert-OH is 2. The first-order chi connectivity index (χ1) is 15.5. The van der Waals surface area contributed by atoms with Gasteiger partial charge in [0.1, 0.15) is 36.3 Å². The number of nitrogen functional groups attached to an aromatic ring is 1. The summed E-state index contributed by atoms with van der Waals surface area (Å²) < 4.78 is 13.7. The largest absolute Gasteiger partial charge is 0.387 e. The third-order valence-electron chi connectivity index (χ3n) is 6.26. The molecule has 0 radical (unpaired) electrons. The zero-order chi connectivity index (χ0) is 22.4. The summed E-state index contributed by atoms with van der Waals surface area (Å²) in [6.45, 7) is 1.40. The standard InChI is InChI=1S/C22H25N5O5/c1-11(28)18(31-14-8-4-6-12-5-2-3-7-13(12)14)19-16(29)17(30)22(32-19)27-10-26-15-20(23)24-9-25-21(15)27/h2-3,5,7,9-10,14,16-19,22,29-30H,4,6,8H2,1H3,(H2,23,24,25)/t14?,16-,17+,18?,19-,22+/m0/s1. The summed E-state index contributed by atoms with van der Waals surface area (Å²) in [5, 5.41) is 21.6. The van der Waals surface area contributed by atoms with Crippen molar-refractivity contribution in [3.05, 3.63) is 48.0 Å². The fraction of sp³-hybridized carbons (Fsp3) is 0.455. The number of hydrogen-bond donors (Lipinski definition) is 3. The molecule has 1 saturated heterocycles. The van der Waals surface area contributed by atoms with E-state index in [9.17, 15) is 15.0 Å². The second-order valence-corrected chi connectivity index (χ2v) is 8.30. The van der Waals surface area contributed by atoms with E-state index in [-0.39, 0.29) is 17.7 Å². The molecule has 2 unspecified atom stereocenters. The summed E-state index contributed by atoms with van der Waals surface area (Å²) >= 11 is 0. The molecule has 2 aromatic heterocycles. The molecule has 0 spiro atoms. The second-order valence-electron chi connectivity index (χ2n) is 8.30. The lowest BCUT2D eigenvalue weighted by atomic mass is 9.89. The van der Waals surface area contributed by atoms with Crippen LogP contribution in [0.1, 0.15) is 43.2 Å². The van der Waals surface area contributed by atoms with Gasteiger partial charge >= 0.3 is 0 Å². The van der Waals surface area contributed by atoms with Crippen molar-refractivity contribution in [1.29, 1.82) is 0 Å². The van der Waals surface area contributed by atoms with Crippen LogP contribution >= 0.6 is 0 Å². The fourth-order valence-corrected chi connectivity index (χ4v) is 4.65. The Morgan fingerprint density at radius 2 is 2.06 bits per heavy atom. The molecule has 0 saturated carbocycles. The number of nitrogens with zero attached hydrogens (tertiary/aromatic N) is 4. The number of aryl methyl sites for hydroxylation is 1. The maximum Gasteiger partial charge on any atom is 0.167 e. The molecular formula is C22H25N5O5. The fourth-order valence-electron chi connectivity index (χ4n) is 4.65. The molecule has 3 aromatic rings. The van der Waals surface area contributed by atoms with Gasteiger partial charge in [-0.15, -0.1) is 0 Å². The number of Topliss-reactive ketones (excluding diaryl/α,β-unsaturated/α-hetero) is 1. The minimum Gasteiger partial charge on any atom is -0.387 e. The van der Waals surface area contributed by atoms with Crippen molar-refractivity contribution < 1.29 is 24.5 Å². The van der Waals surface area contributed by atoms with Gasteiger partial charge in [0.2, 0.25) is 0 Å². The molecule has 3 heterocycles. The van der Waals surface area contributed by atoms with Crippen molar-refractivity contribution in [3.63, 3.8) is 0 Å². The maximum absolute atomic E-state index is 12.6. The molecule has 5 rings (SSSR count). The van der Waals surface area contributed by atoms with E-state index in [1.54, 1.807) is 0 Å². The van der Waals surface area contributed by atoms with Crippen LogP contribution in [0, 0.1) is 0 Å². The van der Waals surface area contributed by atoms with E-state index in [4.69, 9.17) is 15.2 Å². The van der Waals surface area contributed by atoms with E-state index in [1.807, 2.05) is 18.2 Å². The molecule has 4 N–H and O–H groups in total. The normalized spacial score (nSPS) is 28.5. The highest BCUT2D eigenvalue weighted by Gasteiger charge is 2.50. The zero-order valence-electron chi connectivity index (χ0n) is 17.5. The molecule has 10 heteroatoms. The van der Waals surface area contributed by atoms with Gasteiger partial charge in [0.15, 0.2) is 23.5 Å². The molecule has 1 aliphatic carbocycles. The number of aliphatic hydroxyl groups is 2. The first kappa shape index (κ1) is 21.0. The molecule has 168 valence electrons. The van der Waals surface area contributed by atoms with Gasteiger partial charge in [0.05, 0.1) is 12.4 Å². The van der Waals surface area contributed by atoms with Crippen LogP contribution < -0.4 is 5.73 Å². The van der Waals surface area contributed by atoms with Gasteiger partial charge in [-0.25, -0.2) is 15.0 Å².